The van der Waals surface area contributed by atoms with Gasteiger partial charge in [0, 0.05) is 5.41 Å². The van der Waals surface area contributed by atoms with E-state index in [-0.39, 0.29) is 29.0 Å². The fraction of sp³-hybridized carbons (Fsp3) is 0.917. The molecule has 4 fully saturated rings. The van der Waals surface area contributed by atoms with Gasteiger partial charge in [-0.15, -0.1) is 0 Å². The standard InChI is InChI=1S/C12H16O4/c1-9(2,3)12-6(13)11(5-14-11)7-10(4,15-7)8(12)16-12/h7-8H,5H2,1-4H3/t7-,8-,10+,11-,12+/m1/s1. The van der Waals surface area contributed by atoms with Crippen molar-refractivity contribution in [3.05, 3.63) is 0 Å². The Morgan fingerprint density at radius 2 is 1.88 bits per heavy atom. The first-order chi connectivity index (χ1) is 7.29. The molecule has 5 atom stereocenters. The predicted octanol–water partition coefficient (Wildman–Crippen LogP) is 0.679. The molecule has 1 aliphatic carbocycles. The molecule has 0 N–H and O–H groups in total. The zero-order valence-electron chi connectivity index (χ0n) is 9.99. The molecule has 3 aliphatic heterocycles. The first-order valence-electron chi connectivity index (χ1n) is 5.83. The molecule has 0 aromatic heterocycles. The smallest absolute Gasteiger partial charge is 0.204 e. The zero-order valence-corrected chi connectivity index (χ0v) is 9.99. The molecule has 0 aromatic rings. The van der Waals surface area contributed by atoms with Crippen molar-refractivity contribution in [3.8, 4) is 0 Å². The van der Waals surface area contributed by atoms with Gasteiger partial charge in [-0.2, -0.15) is 0 Å². The highest BCUT2D eigenvalue weighted by atomic mass is 16.7. The minimum Gasteiger partial charge on any atom is -0.360 e. The first kappa shape index (κ1) is 9.57. The number of rotatable bonds is 0. The van der Waals surface area contributed by atoms with Crippen LogP contribution in [0, 0.1) is 5.41 Å². The lowest BCUT2D eigenvalue weighted by Crippen LogP contribution is -2.56. The lowest BCUT2D eigenvalue weighted by molar-refractivity contribution is -0.134. The normalized spacial score (nSPS) is 61.6. The van der Waals surface area contributed by atoms with Gasteiger partial charge in [-0.1, -0.05) is 20.8 Å². The summed E-state index contributed by atoms with van der Waals surface area (Å²) in [5.41, 5.74) is -1.84. The Balaban J connectivity index is 1.85. The van der Waals surface area contributed by atoms with E-state index in [1.54, 1.807) is 0 Å². The molecule has 4 rings (SSSR count). The fourth-order valence-corrected chi connectivity index (χ4v) is 3.53. The molecule has 1 saturated carbocycles. The molecule has 16 heavy (non-hydrogen) atoms. The van der Waals surface area contributed by atoms with Crippen LogP contribution < -0.4 is 0 Å². The van der Waals surface area contributed by atoms with E-state index in [0.717, 1.165) is 0 Å². The fourth-order valence-electron chi connectivity index (χ4n) is 3.53. The molecular formula is C12H16O4. The number of ether oxygens (including phenoxy) is 3. The van der Waals surface area contributed by atoms with Crippen molar-refractivity contribution in [2.24, 2.45) is 5.41 Å². The van der Waals surface area contributed by atoms with Crippen LogP contribution in [-0.4, -0.2) is 41.4 Å². The van der Waals surface area contributed by atoms with Gasteiger partial charge in [0.15, 0.2) is 11.2 Å². The van der Waals surface area contributed by atoms with Crippen molar-refractivity contribution >= 4 is 5.78 Å². The van der Waals surface area contributed by atoms with Crippen LogP contribution in [0.5, 0.6) is 0 Å². The van der Waals surface area contributed by atoms with Crippen molar-refractivity contribution in [1.82, 2.24) is 0 Å². The maximum absolute atomic E-state index is 12.6. The number of epoxide rings is 3. The lowest BCUT2D eigenvalue weighted by Gasteiger charge is -2.31. The molecule has 0 bridgehead atoms. The minimum atomic E-state index is -0.675. The third-order valence-corrected chi connectivity index (χ3v) is 4.69. The molecule has 3 saturated heterocycles. The van der Waals surface area contributed by atoms with Crippen LogP contribution in [0.1, 0.15) is 27.7 Å². The highest BCUT2D eigenvalue weighted by molar-refractivity contribution is 6.03. The van der Waals surface area contributed by atoms with E-state index in [1.165, 1.54) is 0 Å². The molecule has 1 spiro atoms. The first-order valence-corrected chi connectivity index (χ1v) is 5.83. The number of fused-ring (bicyclic) bond motifs is 4. The molecule has 3 heterocycles. The quantitative estimate of drug-likeness (QED) is 0.568. The summed E-state index contributed by atoms with van der Waals surface area (Å²) < 4.78 is 17.0. The Morgan fingerprint density at radius 3 is 2.38 bits per heavy atom. The van der Waals surface area contributed by atoms with Crippen LogP contribution in [0.25, 0.3) is 0 Å². The average Bonchev–Trinajstić information content (AvgIpc) is 3.02. The van der Waals surface area contributed by atoms with Gasteiger partial charge in [0.05, 0.1) is 6.61 Å². The van der Waals surface area contributed by atoms with Crippen LogP contribution in [0.3, 0.4) is 0 Å². The summed E-state index contributed by atoms with van der Waals surface area (Å²) in [6.45, 7) is 8.68. The van der Waals surface area contributed by atoms with Crippen molar-refractivity contribution in [2.45, 2.75) is 56.7 Å². The lowest BCUT2D eigenvalue weighted by atomic mass is 9.65. The van der Waals surface area contributed by atoms with Gasteiger partial charge < -0.3 is 14.2 Å². The van der Waals surface area contributed by atoms with Gasteiger partial charge >= 0.3 is 0 Å². The van der Waals surface area contributed by atoms with E-state index in [9.17, 15) is 4.79 Å². The number of ketones is 1. The van der Waals surface area contributed by atoms with Crippen molar-refractivity contribution in [3.63, 3.8) is 0 Å². The van der Waals surface area contributed by atoms with Crippen LogP contribution in [0.2, 0.25) is 0 Å². The van der Waals surface area contributed by atoms with E-state index in [1.807, 2.05) is 27.7 Å². The number of hydrogen-bond donors (Lipinski definition) is 0. The number of Topliss-reactive ketones (excluding diaryl/α,β-unsaturated/α-hetero) is 1. The summed E-state index contributed by atoms with van der Waals surface area (Å²) in [7, 11) is 0. The van der Waals surface area contributed by atoms with Gasteiger partial charge in [-0.25, -0.2) is 0 Å². The van der Waals surface area contributed by atoms with Gasteiger partial charge in [0.1, 0.15) is 17.8 Å². The summed E-state index contributed by atoms with van der Waals surface area (Å²) in [5, 5.41) is 0. The van der Waals surface area contributed by atoms with Crippen LogP contribution >= 0.6 is 0 Å². The topological polar surface area (TPSA) is 54.7 Å². The predicted molar refractivity (Wildman–Crippen MR) is 54.0 cm³/mol. The molecule has 88 valence electrons. The summed E-state index contributed by atoms with van der Waals surface area (Å²) in [6.07, 6.45) is -0.150. The van der Waals surface area contributed by atoms with E-state index in [4.69, 9.17) is 14.2 Å². The Kier molecular flexibility index (Phi) is 1.20. The van der Waals surface area contributed by atoms with Gasteiger partial charge in [0.25, 0.3) is 0 Å². The van der Waals surface area contributed by atoms with Crippen LogP contribution in [-0.2, 0) is 19.0 Å². The second kappa shape index (κ2) is 2.00. The van der Waals surface area contributed by atoms with Crippen LogP contribution in [0.15, 0.2) is 0 Å². The Morgan fingerprint density at radius 1 is 1.25 bits per heavy atom. The van der Waals surface area contributed by atoms with Crippen molar-refractivity contribution < 1.29 is 19.0 Å². The third-order valence-electron chi connectivity index (χ3n) is 4.69. The maximum atomic E-state index is 12.6. The van der Waals surface area contributed by atoms with Crippen LogP contribution in [0.4, 0.5) is 0 Å². The zero-order chi connectivity index (χ0) is 11.6. The second-order valence-corrected chi connectivity index (χ2v) is 6.67. The Labute approximate surface area is 94.2 Å². The summed E-state index contributed by atoms with van der Waals surface area (Å²) in [6, 6.07) is 0. The number of carbonyl (C=O) groups excluding carboxylic acids is 1. The molecule has 4 aliphatic rings. The number of carbonyl (C=O) groups is 1. The van der Waals surface area contributed by atoms with Crippen molar-refractivity contribution in [2.75, 3.05) is 6.61 Å². The average molecular weight is 224 g/mol. The maximum Gasteiger partial charge on any atom is 0.204 e. The van der Waals surface area contributed by atoms with E-state index < -0.39 is 11.2 Å². The van der Waals surface area contributed by atoms with Gasteiger partial charge in [-0.05, 0) is 6.92 Å². The Hall–Kier alpha value is -0.450. The second-order valence-electron chi connectivity index (χ2n) is 6.67. The minimum absolute atomic E-state index is 0.0736. The summed E-state index contributed by atoms with van der Waals surface area (Å²) >= 11 is 0. The molecule has 0 amide bonds. The molecular weight excluding hydrogens is 208 g/mol. The van der Waals surface area contributed by atoms with E-state index >= 15 is 0 Å². The Bertz CT molecular complexity index is 419. The largest absolute Gasteiger partial charge is 0.360 e. The van der Waals surface area contributed by atoms with Crippen molar-refractivity contribution in [1.29, 1.82) is 0 Å². The van der Waals surface area contributed by atoms with Gasteiger partial charge in [0.2, 0.25) is 5.78 Å². The third kappa shape index (κ3) is 0.692. The number of hydrogen-bond acceptors (Lipinski definition) is 4. The SMILES string of the molecule is CC(C)(C)[C@@]12O[C@@H]1[C@@]1(C)O[C@H]1[C@@]1(CO1)C2=O. The van der Waals surface area contributed by atoms with E-state index in [0.29, 0.717) is 6.61 Å². The highest BCUT2D eigenvalue weighted by Crippen LogP contribution is 2.71. The molecule has 0 unspecified atom stereocenters. The van der Waals surface area contributed by atoms with Gasteiger partial charge in [-0.3, -0.25) is 4.79 Å². The monoisotopic (exact) mass is 224 g/mol. The molecule has 4 heteroatoms. The highest BCUT2D eigenvalue weighted by Gasteiger charge is 2.93. The molecule has 0 aromatic carbocycles. The summed E-state index contributed by atoms with van der Waals surface area (Å²) in [5.74, 6) is 0.109. The van der Waals surface area contributed by atoms with E-state index in [2.05, 4.69) is 0 Å². The molecule has 0 radical (unpaired) electrons. The summed E-state index contributed by atoms with van der Waals surface area (Å²) in [4.78, 5) is 12.6. The molecule has 4 nitrogen and oxygen atoms in total.